The second-order valence-corrected chi connectivity index (χ2v) is 6.13. The maximum absolute atomic E-state index is 12.1. The summed E-state index contributed by atoms with van der Waals surface area (Å²) in [4.78, 5) is 14.5. The third-order valence-corrected chi connectivity index (χ3v) is 4.43. The fourth-order valence-electron chi connectivity index (χ4n) is 2.75. The lowest BCUT2D eigenvalue weighted by Gasteiger charge is -2.21. The molecule has 1 aliphatic rings. The van der Waals surface area contributed by atoms with E-state index in [0.29, 0.717) is 0 Å². The van der Waals surface area contributed by atoms with E-state index >= 15 is 0 Å². The minimum absolute atomic E-state index is 0.00379. The molecule has 0 bridgehead atoms. The molecule has 0 spiro atoms. The number of likely N-dealkylation sites (tertiary alicyclic amines) is 1. The highest BCUT2D eigenvalue weighted by molar-refractivity contribution is 5.82. The van der Waals surface area contributed by atoms with Gasteiger partial charge in [0.15, 0.2) is 0 Å². The summed E-state index contributed by atoms with van der Waals surface area (Å²) in [7, 11) is 0. The van der Waals surface area contributed by atoms with E-state index in [2.05, 4.69) is 41.4 Å². The van der Waals surface area contributed by atoms with Crippen LogP contribution in [0.2, 0.25) is 0 Å². The molecule has 1 heterocycles. The van der Waals surface area contributed by atoms with Gasteiger partial charge in [-0.05, 0) is 17.9 Å². The second kappa shape index (κ2) is 7.57. The van der Waals surface area contributed by atoms with Crippen molar-refractivity contribution in [3.63, 3.8) is 0 Å². The first-order valence-corrected chi connectivity index (χ1v) is 7.92. The SMILES string of the molecule is CCC(C)C(N)C(=O)NC1CCN(Cc2ccccc2)C1. The standard InChI is InChI=1S/C17H27N3O/c1-3-13(2)16(18)17(21)19-15-9-10-20(12-15)11-14-7-5-4-6-8-14/h4-8,13,15-16H,3,9-12,18H2,1-2H3,(H,19,21). The molecular weight excluding hydrogens is 262 g/mol. The predicted octanol–water partition coefficient (Wildman–Crippen LogP) is 1.75. The summed E-state index contributed by atoms with van der Waals surface area (Å²) in [5, 5.41) is 3.10. The zero-order valence-electron chi connectivity index (χ0n) is 13.1. The van der Waals surface area contributed by atoms with Crippen LogP contribution in [0.1, 0.15) is 32.3 Å². The molecule has 116 valence electrons. The molecule has 2 rings (SSSR count). The summed E-state index contributed by atoms with van der Waals surface area (Å²) in [6, 6.07) is 10.3. The first-order valence-electron chi connectivity index (χ1n) is 7.92. The van der Waals surface area contributed by atoms with Crippen LogP contribution in [-0.4, -0.2) is 36.0 Å². The van der Waals surface area contributed by atoms with Crippen LogP contribution in [0.15, 0.2) is 30.3 Å². The maximum Gasteiger partial charge on any atom is 0.237 e. The normalized spacial score (nSPS) is 22.0. The number of benzene rings is 1. The van der Waals surface area contributed by atoms with Crippen LogP contribution in [0.25, 0.3) is 0 Å². The molecule has 0 aliphatic carbocycles. The van der Waals surface area contributed by atoms with E-state index < -0.39 is 6.04 Å². The summed E-state index contributed by atoms with van der Waals surface area (Å²) in [6.45, 7) is 6.98. The minimum atomic E-state index is -0.391. The molecule has 1 amide bonds. The molecule has 0 aromatic heterocycles. The number of rotatable bonds is 6. The zero-order chi connectivity index (χ0) is 15.2. The molecule has 3 atom stereocenters. The number of carbonyl (C=O) groups excluding carboxylic acids is 1. The van der Waals surface area contributed by atoms with Gasteiger partial charge in [-0.25, -0.2) is 0 Å². The molecule has 1 aromatic carbocycles. The third kappa shape index (κ3) is 4.55. The van der Waals surface area contributed by atoms with Crippen molar-refractivity contribution in [1.29, 1.82) is 0 Å². The first-order chi connectivity index (χ1) is 10.1. The van der Waals surface area contributed by atoms with Crippen LogP contribution < -0.4 is 11.1 Å². The van der Waals surface area contributed by atoms with Gasteiger partial charge < -0.3 is 11.1 Å². The largest absolute Gasteiger partial charge is 0.351 e. The fourth-order valence-corrected chi connectivity index (χ4v) is 2.75. The second-order valence-electron chi connectivity index (χ2n) is 6.13. The summed E-state index contributed by atoms with van der Waals surface area (Å²) in [6.07, 6.45) is 1.94. The fraction of sp³-hybridized carbons (Fsp3) is 0.588. The Morgan fingerprint density at radius 3 is 2.81 bits per heavy atom. The van der Waals surface area contributed by atoms with Crippen molar-refractivity contribution in [3.05, 3.63) is 35.9 Å². The average molecular weight is 289 g/mol. The van der Waals surface area contributed by atoms with Crippen molar-refractivity contribution in [1.82, 2.24) is 10.2 Å². The van der Waals surface area contributed by atoms with Crippen molar-refractivity contribution in [2.24, 2.45) is 11.7 Å². The Hall–Kier alpha value is -1.39. The maximum atomic E-state index is 12.1. The molecule has 4 heteroatoms. The molecule has 0 radical (unpaired) electrons. The lowest BCUT2D eigenvalue weighted by molar-refractivity contribution is -0.124. The molecule has 3 unspecified atom stereocenters. The van der Waals surface area contributed by atoms with Gasteiger partial charge in [-0.3, -0.25) is 9.69 Å². The predicted molar refractivity (Wildman–Crippen MR) is 85.7 cm³/mol. The van der Waals surface area contributed by atoms with Gasteiger partial charge in [0.1, 0.15) is 0 Å². The van der Waals surface area contributed by atoms with Crippen LogP contribution in [0.3, 0.4) is 0 Å². The molecule has 0 saturated carbocycles. The van der Waals surface area contributed by atoms with Crippen molar-refractivity contribution in [2.45, 2.75) is 45.3 Å². The van der Waals surface area contributed by atoms with E-state index in [0.717, 1.165) is 32.5 Å². The van der Waals surface area contributed by atoms with Crippen molar-refractivity contribution < 1.29 is 4.79 Å². The average Bonchev–Trinajstić information content (AvgIpc) is 2.93. The van der Waals surface area contributed by atoms with Gasteiger partial charge in [0.2, 0.25) is 5.91 Å². The van der Waals surface area contributed by atoms with E-state index in [1.165, 1.54) is 5.56 Å². The number of carbonyl (C=O) groups is 1. The van der Waals surface area contributed by atoms with Gasteiger partial charge in [-0.15, -0.1) is 0 Å². The Balaban J connectivity index is 1.79. The van der Waals surface area contributed by atoms with E-state index in [4.69, 9.17) is 5.73 Å². The van der Waals surface area contributed by atoms with E-state index in [1.807, 2.05) is 13.0 Å². The van der Waals surface area contributed by atoms with Crippen molar-refractivity contribution in [2.75, 3.05) is 13.1 Å². The van der Waals surface area contributed by atoms with Gasteiger partial charge in [-0.2, -0.15) is 0 Å². The van der Waals surface area contributed by atoms with Gasteiger partial charge in [0, 0.05) is 25.7 Å². The molecule has 4 nitrogen and oxygen atoms in total. The molecule has 1 fully saturated rings. The van der Waals surface area contributed by atoms with Crippen LogP contribution in [0, 0.1) is 5.92 Å². The van der Waals surface area contributed by atoms with Gasteiger partial charge in [0.25, 0.3) is 0 Å². The van der Waals surface area contributed by atoms with Gasteiger partial charge >= 0.3 is 0 Å². The topological polar surface area (TPSA) is 58.4 Å². The Kier molecular flexibility index (Phi) is 5.76. The minimum Gasteiger partial charge on any atom is -0.351 e. The number of amides is 1. The van der Waals surface area contributed by atoms with Crippen LogP contribution >= 0.6 is 0 Å². The summed E-state index contributed by atoms with van der Waals surface area (Å²) >= 11 is 0. The highest BCUT2D eigenvalue weighted by atomic mass is 16.2. The molecule has 1 saturated heterocycles. The quantitative estimate of drug-likeness (QED) is 0.839. The van der Waals surface area contributed by atoms with Crippen LogP contribution in [-0.2, 0) is 11.3 Å². The summed E-state index contributed by atoms with van der Waals surface area (Å²) in [5.41, 5.74) is 7.30. The zero-order valence-corrected chi connectivity index (χ0v) is 13.1. The number of nitrogens with one attached hydrogen (secondary N) is 1. The van der Waals surface area contributed by atoms with Crippen LogP contribution in [0.5, 0.6) is 0 Å². The summed E-state index contributed by atoms with van der Waals surface area (Å²) < 4.78 is 0. The van der Waals surface area contributed by atoms with E-state index in [1.54, 1.807) is 0 Å². The monoisotopic (exact) mass is 289 g/mol. The Bertz CT molecular complexity index is 449. The smallest absolute Gasteiger partial charge is 0.237 e. The van der Waals surface area contributed by atoms with Gasteiger partial charge in [0.05, 0.1) is 6.04 Å². The van der Waals surface area contributed by atoms with Gasteiger partial charge in [-0.1, -0.05) is 50.6 Å². The Morgan fingerprint density at radius 1 is 1.43 bits per heavy atom. The number of hydrogen-bond acceptors (Lipinski definition) is 3. The van der Waals surface area contributed by atoms with Crippen LogP contribution in [0.4, 0.5) is 0 Å². The highest BCUT2D eigenvalue weighted by Gasteiger charge is 2.27. The highest BCUT2D eigenvalue weighted by Crippen LogP contribution is 2.14. The molecule has 1 aliphatic heterocycles. The first kappa shape index (κ1) is 16.0. The molecule has 1 aromatic rings. The number of hydrogen-bond donors (Lipinski definition) is 2. The Labute approximate surface area is 127 Å². The summed E-state index contributed by atoms with van der Waals surface area (Å²) in [5.74, 6) is 0.225. The Morgan fingerprint density at radius 2 is 2.14 bits per heavy atom. The lowest BCUT2D eigenvalue weighted by atomic mass is 9.99. The number of nitrogens with two attached hydrogens (primary N) is 1. The molecule has 21 heavy (non-hydrogen) atoms. The third-order valence-electron chi connectivity index (χ3n) is 4.43. The van der Waals surface area contributed by atoms with E-state index in [9.17, 15) is 4.79 Å². The molecule has 3 N–H and O–H groups in total. The lowest BCUT2D eigenvalue weighted by Crippen LogP contribution is -2.48. The van der Waals surface area contributed by atoms with Crippen molar-refractivity contribution >= 4 is 5.91 Å². The van der Waals surface area contributed by atoms with Crippen molar-refractivity contribution in [3.8, 4) is 0 Å². The van der Waals surface area contributed by atoms with E-state index in [-0.39, 0.29) is 17.9 Å². The number of nitrogens with zero attached hydrogens (tertiary/aromatic N) is 1. The molecular formula is C17H27N3O.